The normalized spacial score (nSPS) is 20.9. The average Bonchev–Trinajstić information content (AvgIpc) is 2.49. The van der Waals surface area contributed by atoms with Crippen molar-refractivity contribution in [1.29, 1.82) is 5.26 Å². The number of hydrogen-bond acceptors (Lipinski definition) is 3. The lowest BCUT2D eigenvalue weighted by molar-refractivity contribution is 0.0961. The second-order valence-corrected chi connectivity index (χ2v) is 4.50. The molecule has 1 aromatic rings. The van der Waals surface area contributed by atoms with Crippen LogP contribution in [0.4, 0.5) is 4.39 Å². The molecule has 0 spiro atoms. The number of carbonyl (C=O) groups is 1. The van der Waals surface area contributed by atoms with Crippen molar-refractivity contribution in [2.45, 2.75) is 19.5 Å². The van der Waals surface area contributed by atoms with Gasteiger partial charge in [-0.25, -0.2) is 9.37 Å². The van der Waals surface area contributed by atoms with E-state index in [9.17, 15) is 9.18 Å². The molecule has 2 atom stereocenters. The Balaban J connectivity index is 2.08. The summed E-state index contributed by atoms with van der Waals surface area (Å²) in [6, 6.07) is 4.94. The number of aromatic nitrogens is 1. The number of carbonyl (C=O) groups excluding carboxylic acids is 1. The van der Waals surface area contributed by atoms with Crippen LogP contribution in [0.1, 0.15) is 29.4 Å². The number of nitriles is 1. The van der Waals surface area contributed by atoms with Crippen molar-refractivity contribution in [2.24, 2.45) is 5.92 Å². The molecule has 1 heterocycles. The summed E-state index contributed by atoms with van der Waals surface area (Å²) < 4.78 is 13.5. The van der Waals surface area contributed by atoms with E-state index in [4.69, 9.17) is 5.26 Å². The Morgan fingerprint density at radius 1 is 1.55 bits per heavy atom. The van der Waals surface area contributed by atoms with Crippen molar-refractivity contribution in [1.82, 2.24) is 10.3 Å². The Hall–Kier alpha value is -2.48. The smallest absolute Gasteiger partial charge is 0.274 e. The van der Waals surface area contributed by atoms with E-state index in [2.05, 4.69) is 10.3 Å². The van der Waals surface area contributed by atoms with Crippen LogP contribution in [0.25, 0.3) is 0 Å². The molecule has 2 rings (SSSR count). The number of amides is 1. The zero-order valence-corrected chi connectivity index (χ0v) is 11.0. The molecule has 0 saturated carbocycles. The third-order valence-electron chi connectivity index (χ3n) is 3.12. The molecule has 1 aromatic heterocycles. The lowest BCUT2D eigenvalue weighted by Gasteiger charge is -2.19. The lowest BCUT2D eigenvalue weighted by atomic mass is 9.95. The fraction of sp³-hybridized carbons (Fsp3) is 0.267. The molecule has 1 aliphatic rings. The first-order valence-electron chi connectivity index (χ1n) is 6.35. The predicted octanol–water partition coefficient (Wildman–Crippen LogP) is 2.50. The molecule has 1 N–H and O–H groups in total. The van der Waals surface area contributed by atoms with E-state index in [0.717, 1.165) is 0 Å². The largest absolute Gasteiger partial charge is 0.321 e. The topological polar surface area (TPSA) is 65.8 Å². The molecule has 1 aliphatic carbocycles. The maximum Gasteiger partial charge on any atom is 0.274 e. The molecule has 0 aliphatic heterocycles. The minimum absolute atomic E-state index is 0.216. The number of pyridine rings is 1. The first kappa shape index (κ1) is 13.9. The van der Waals surface area contributed by atoms with Crippen LogP contribution in [0.3, 0.4) is 0 Å². The fourth-order valence-corrected chi connectivity index (χ4v) is 1.93. The molecule has 20 heavy (non-hydrogen) atoms. The number of nitrogens with one attached hydrogen (secondary N) is 1. The minimum atomic E-state index is -1.01. The monoisotopic (exact) mass is 271 g/mol. The number of nitrogens with zero attached hydrogens (tertiary/aromatic N) is 2. The summed E-state index contributed by atoms with van der Waals surface area (Å²) in [6.07, 6.45) is 5.71. The van der Waals surface area contributed by atoms with Gasteiger partial charge in [-0.1, -0.05) is 13.0 Å². The molecule has 0 saturated heterocycles. The first-order valence-corrected chi connectivity index (χ1v) is 6.35. The molecule has 102 valence electrons. The van der Waals surface area contributed by atoms with Crippen molar-refractivity contribution in [3.05, 3.63) is 53.5 Å². The molecule has 2 unspecified atom stereocenters. The summed E-state index contributed by atoms with van der Waals surface area (Å²) >= 11 is 0. The van der Waals surface area contributed by atoms with Crippen LogP contribution in [-0.2, 0) is 0 Å². The number of alkyl halides is 1. The number of halogens is 1. The Kier molecular flexibility index (Phi) is 4.26. The van der Waals surface area contributed by atoms with Crippen molar-refractivity contribution in [2.75, 3.05) is 0 Å². The van der Waals surface area contributed by atoms with Crippen LogP contribution in [0, 0.1) is 17.2 Å². The van der Waals surface area contributed by atoms with Gasteiger partial charge in [-0.05, 0) is 30.7 Å². The maximum absolute atomic E-state index is 13.5. The summed E-state index contributed by atoms with van der Waals surface area (Å²) in [5, 5.41) is 11.3. The van der Waals surface area contributed by atoms with Gasteiger partial charge in [0.15, 0.2) is 0 Å². The summed E-state index contributed by atoms with van der Waals surface area (Å²) in [5.74, 6) is -0.596. The SMILES string of the molecule is CCC1C=C(NC(=O)c2ccc(C#N)cn2)C=CC1F. The van der Waals surface area contributed by atoms with Gasteiger partial charge in [0.2, 0.25) is 0 Å². The van der Waals surface area contributed by atoms with Crippen LogP contribution in [0.2, 0.25) is 0 Å². The van der Waals surface area contributed by atoms with Crippen LogP contribution in [0.15, 0.2) is 42.3 Å². The standard InChI is InChI=1S/C15H14FN3O/c1-2-11-7-12(4-5-13(11)16)19-15(20)14-6-3-10(8-17)9-18-14/h3-7,9,11,13H,2H2,1H3,(H,19,20). The summed E-state index contributed by atoms with van der Waals surface area (Å²) in [6.45, 7) is 1.90. The molecular weight excluding hydrogens is 257 g/mol. The third kappa shape index (κ3) is 3.09. The van der Waals surface area contributed by atoms with Crippen molar-refractivity contribution in [3.63, 3.8) is 0 Å². The summed E-state index contributed by atoms with van der Waals surface area (Å²) in [5.41, 5.74) is 1.18. The zero-order chi connectivity index (χ0) is 14.5. The van der Waals surface area contributed by atoms with E-state index in [1.54, 1.807) is 12.2 Å². The van der Waals surface area contributed by atoms with Gasteiger partial charge in [-0.3, -0.25) is 4.79 Å². The summed E-state index contributed by atoms with van der Waals surface area (Å²) in [4.78, 5) is 15.9. The third-order valence-corrected chi connectivity index (χ3v) is 3.12. The van der Waals surface area contributed by atoms with E-state index in [-0.39, 0.29) is 17.5 Å². The van der Waals surface area contributed by atoms with Gasteiger partial charge in [0.1, 0.15) is 17.9 Å². The number of hydrogen-bond donors (Lipinski definition) is 1. The highest BCUT2D eigenvalue weighted by atomic mass is 19.1. The highest BCUT2D eigenvalue weighted by Crippen LogP contribution is 2.21. The fourth-order valence-electron chi connectivity index (χ4n) is 1.93. The van der Waals surface area contributed by atoms with Crippen LogP contribution in [-0.4, -0.2) is 17.1 Å². The number of rotatable bonds is 3. The highest BCUT2D eigenvalue weighted by molar-refractivity contribution is 5.93. The van der Waals surface area contributed by atoms with Gasteiger partial charge >= 0.3 is 0 Å². The molecule has 0 aromatic carbocycles. The van der Waals surface area contributed by atoms with Gasteiger partial charge in [-0.15, -0.1) is 0 Å². The zero-order valence-electron chi connectivity index (χ0n) is 11.0. The number of allylic oxidation sites excluding steroid dienone is 3. The van der Waals surface area contributed by atoms with Crippen LogP contribution in [0.5, 0.6) is 0 Å². The van der Waals surface area contributed by atoms with E-state index in [1.807, 2.05) is 13.0 Å². The van der Waals surface area contributed by atoms with Crippen LogP contribution >= 0.6 is 0 Å². The molecule has 0 bridgehead atoms. The van der Waals surface area contributed by atoms with Crippen molar-refractivity contribution < 1.29 is 9.18 Å². The van der Waals surface area contributed by atoms with E-state index >= 15 is 0 Å². The quantitative estimate of drug-likeness (QED) is 0.918. The molecule has 0 fully saturated rings. The summed E-state index contributed by atoms with van der Waals surface area (Å²) in [7, 11) is 0. The van der Waals surface area contributed by atoms with Gasteiger partial charge in [0, 0.05) is 17.8 Å². The van der Waals surface area contributed by atoms with Gasteiger partial charge in [-0.2, -0.15) is 5.26 Å². The van der Waals surface area contributed by atoms with E-state index in [0.29, 0.717) is 17.7 Å². The minimum Gasteiger partial charge on any atom is -0.321 e. The molecule has 5 heteroatoms. The van der Waals surface area contributed by atoms with Crippen LogP contribution < -0.4 is 5.32 Å². The maximum atomic E-state index is 13.5. The molecule has 4 nitrogen and oxygen atoms in total. The molecule has 1 amide bonds. The Bertz CT molecular complexity index is 599. The Labute approximate surface area is 116 Å². The first-order chi connectivity index (χ1) is 9.63. The van der Waals surface area contributed by atoms with Crippen molar-refractivity contribution >= 4 is 5.91 Å². The second-order valence-electron chi connectivity index (χ2n) is 4.50. The van der Waals surface area contributed by atoms with Gasteiger partial charge < -0.3 is 5.32 Å². The predicted molar refractivity (Wildman–Crippen MR) is 72.3 cm³/mol. The van der Waals surface area contributed by atoms with Crippen molar-refractivity contribution in [3.8, 4) is 6.07 Å². The molecule has 0 radical (unpaired) electrons. The Morgan fingerprint density at radius 3 is 2.95 bits per heavy atom. The van der Waals surface area contributed by atoms with Gasteiger partial charge in [0.25, 0.3) is 5.91 Å². The molecular formula is C15H14FN3O. The Morgan fingerprint density at radius 2 is 2.35 bits per heavy atom. The van der Waals surface area contributed by atoms with E-state index < -0.39 is 6.17 Å². The van der Waals surface area contributed by atoms with Gasteiger partial charge in [0.05, 0.1) is 5.56 Å². The highest BCUT2D eigenvalue weighted by Gasteiger charge is 2.19. The average molecular weight is 271 g/mol. The lowest BCUT2D eigenvalue weighted by Crippen LogP contribution is -2.26. The second kappa shape index (κ2) is 6.11. The van der Waals surface area contributed by atoms with E-state index in [1.165, 1.54) is 24.4 Å².